The lowest BCUT2D eigenvalue weighted by molar-refractivity contribution is -0.144. The third kappa shape index (κ3) is 6.49. The Morgan fingerprint density at radius 2 is 1.96 bits per heavy atom. The highest BCUT2D eigenvalue weighted by molar-refractivity contribution is 7.89. The van der Waals surface area contributed by atoms with Crippen molar-refractivity contribution in [3.63, 3.8) is 0 Å². The lowest BCUT2D eigenvalue weighted by Gasteiger charge is -2.10. The molecule has 6 nitrogen and oxygen atoms in total. The maximum Gasteiger partial charge on any atom is 0.416 e. The van der Waals surface area contributed by atoms with Crippen molar-refractivity contribution in [2.45, 2.75) is 24.1 Å². The molecule has 11 heteroatoms. The summed E-state index contributed by atoms with van der Waals surface area (Å²) < 4.78 is 69.1. The van der Waals surface area contributed by atoms with Crippen molar-refractivity contribution in [2.24, 2.45) is 0 Å². The van der Waals surface area contributed by atoms with Crippen LogP contribution in [0.4, 0.5) is 13.2 Å². The Balaban J connectivity index is 1.86. The summed E-state index contributed by atoms with van der Waals surface area (Å²) in [4.78, 5) is 14.9. The van der Waals surface area contributed by atoms with E-state index in [-0.39, 0.29) is 24.7 Å². The van der Waals surface area contributed by atoms with E-state index in [4.69, 9.17) is 16.3 Å². The van der Waals surface area contributed by atoms with E-state index in [9.17, 15) is 26.4 Å². The number of pyridine rings is 1. The smallest absolute Gasteiger partial charge is 0.416 e. The molecule has 0 bridgehead atoms. The Morgan fingerprint density at radius 3 is 2.59 bits per heavy atom. The Morgan fingerprint density at radius 1 is 1.22 bits per heavy atom. The Kier molecular flexibility index (Phi) is 6.79. The standard InChI is InChI=1S/C16H14ClF3N2O4S/c17-14-5-4-11(9-21-14)10-26-15(23)6-7-22-27(24,25)13-3-1-2-12(8-13)16(18,19)20/h1-5,8-9,22H,6-7,10H2. The van der Waals surface area contributed by atoms with Crippen molar-refractivity contribution in [3.05, 3.63) is 58.9 Å². The first kappa shape index (κ1) is 21.1. The van der Waals surface area contributed by atoms with Gasteiger partial charge in [-0.15, -0.1) is 0 Å². The number of carbonyl (C=O) groups excluding carboxylic acids is 1. The highest BCUT2D eigenvalue weighted by Crippen LogP contribution is 2.30. The molecular formula is C16H14ClF3N2O4S. The molecule has 2 rings (SSSR count). The molecule has 1 aromatic carbocycles. The highest BCUT2D eigenvalue weighted by atomic mass is 35.5. The largest absolute Gasteiger partial charge is 0.461 e. The van der Waals surface area contributed by atoms with Crippen molar-refractivity contribution >= 4 is 27.6 Å². The molecule has 0 saturated heterocycles. The van der Waals surface area contributed by atoms with Crippen LogP contribution < -0.4 is 4.72 Å². The lowest BCUT2D eigenvalue weighted by atomic mass is 10.2. The van der Waals surface area contributed by atoms with Crippen LogP contribution in [0.25, 0.3) is 0 Å². The molecular weight excluding hydrogens is 409 g/mol. The number of carbonyl (C=O) groups is 1. The maximum absolute atomic E-state index is 12.7. The molecule has 0 aliphatic heterocycles. The van der Waals surface area contributed by atoms with Crippen molar-refractivity contribution < 1.29 is 31.1 Å². The fraction of sp³-hybridized carbons (Fsp3) is 0.250. The average Bonchev–Trinajstić information content (AvgIpc) is 2.60. The zero-order valence-electron chi connectivity index (χ0n) is 13.7. The Labute approximate surface area is 158 Å². The number of ether oxygens (including phenoxy) is 1. The van der Waals surface area contributed by atoms with Crippen LogP contribution in [0.15, 0.2) is 47.5 Å². The van der Waals surface area contributed by atoms with E-state index < -0.39 is 32.6 Å². The van der Waals surface area contributed by atoms with Gasteiger partial charge in [0, 0.05) is 18.3 Å². The number of alkyl halides is 3. The van der Waals surface area contributed by atoms with Crippen LogP contribution in [0.1, 0.15) is 17.5 Å². The molecule has 0 atom stereocenters. The Hall–Kier alpha value is -2.17. The second-order valence-corrected chi connectivity index (χ2v) is 7.48. The van der Waals surface area contributed by atoms with Gasteiger partial charge in [0.05, 0.1) is 16.9 Å². The molecule has 0 spiro atoms. The third-order valence-corrected chi connectivity index (χ3v) is 4.96. The summed E-state index contributed by atoms with van der Waals surface area (Å²) in [7, 11) is -4.19. The number of nitrogens with zero attached hydrogens (tertiary/aromatic N) is 1. The van der Waals surface area contributed by atoms with E-state index in [1.807, 2.05) is 0 Å². The SMILES string of the molecule is O=C(CCNS(=O)(=O)c1cccc(C(F)(F)F)c1)OCc1ccc(Cl)nc1. The zero-order valence-corrected chi connectivity index (χ0v) is 15.2. The molecule has 1 aromatic heterocycles. The van der Waals surface area contributed by atoms with Crippen LogP contribution in [0.5, 0.6) is 0 Å². The average molecular weight is 423 g/mol. The van der Waals surface area contributed by atoms with Crippen molar-refractivity contribution in [3.8, 4) is 0 Å². The first-order valence-corrected chi connectivity index (χ1v) is 9.37. The van der Waals surface area contributed by atoms with Gasteiger partial charge in [-0.05, 0) is 24.3 Å². The van der Waals surface area contributed by atoms with Gasteiger partial charge in [-0.3, -0.25) is 4.79 Å². The van der Waals surface area contributed by atoms with Gasteiger partial charge in [0.15, 0.2) is 0 Å². The molecule has 1 heterocycles. The number of aromatic nitrogens is 1. The van der Waals surface area contributed by atoms with E-state index >= 15 is 0 Å². The highest BCUT2D eigenvalue weighted by Gasteiger charge is 2.31. The Bertz CT molecular complexity index is 903. The summed E-state index contributed by atoms with van der Waals surface area (Å²) in [5, 5.41) is 0.286. The van der Waals surface area contributed by atoms with Gasteiger partial charge >= 0.3 is 12.1 Å². The van der Waals surface area contributed by atoms with Crippen LogP contribution in [-0.2, 0) is 32.3 Å². The molecule has 0 saturated carbocycles. The van der Waals surface area contributed by atoms with Gasteiger partial charge < -0.3 is 4.74 Å². The van der Waals surface area contributed by atoms with Crippen LogP contribution in [0.3, 0.4) is 0 Å². The number of sulfonamides is 1. The molecule has 0 fully saturated rings. The van der Waals surface area contributed by atoms with Crippen LogP contribution >= 0.6 is 11.6 Å². The molecule has 0 aliphatic carbocycles. The van der Waals surface area contributed by atoms with E-state index in [0.29, 0.717) is 11.6 Å². The van der Waals surface area contributed by atoms with Crippen LogP contribution in [0, 0.1) is 0 Å². The predicted octanol–water partition coefficient (Wildman–Crippen LogP) is 3.17. The molecule has 27 heavy (non-hydrogen) atoms. The normalized spacial score (nSPS) is 12.0. The van der Waals surface area contributed by atoms with E-state index in [1.54, 1.807) is 6.07 Å². The number of hydrogen-bond acceptors (Lipinski definition) is 5. The molecule has 0 radical (unpaired) electrons. The van der Waals surface area contributed by atoms with Gasteiger partial charge in [0.1, 0.15) is 11.8 Å². The van der Waals surface area contributed by atoms with E-state index in [0.717, 1.165) is 18.2 Å². The third-order valence-electron chi connectivity index (χ3n) is 3.28. The summed E-state index contributed by atoms with van der Waals surface area (Å²) in [6.45, 7) is -0.389. The number of rotatable bonds is 7. The minimum absolute atomic E-state index is 0.0661. The van der Waals surface area contributed by atoms with Gasteiger partial charge in [0.25, 0.3) is 0 Å². The summed E-state index contributed by atoms with van der Waals surface area (Å²) in [6.07, 6.45) is -3.53. The second kappa shape index (κ2) is 8.68. The molecule has 2 aromatic rings. The van der Waals surface area contributed by atoms with Gasteiger partial charge in [-0.2, -0.15) is 13.2 Å². The first-order valence-electron chi connectivity index (χ1n) is 7.51. The maximum atomic E-state index is 12.7. The van der Waals surface area contributed by atoms with Crippen molar-refractivity contribution in [1.29, 1.82) is 0 Å². The van der Waals surface area contributed by atoms with Crippen LogP contribution in [-0.4, -0.2) is 25.9 Å². The van der Waals surface area contributed by atoms with Crippen molar-refractivity contribution in [2.75, 3.05) is 6.54 Å². The fourth-order valence-corrected chi connectivity index (χ4v) is 3.13. The number of esters is 1. The molecule has 0 amide bonds. The monoisotopic (exact) mass is 422 g/mol. The number of benzene rings is 1. The quantitative estimate of drug-likeness (QED) is 0.547. The summed E-state index contributed by atoms with van der Waals surface area (Å²) in [5.74, 6) is -0.684. The summed E-state index contributed by atoms with van der Waals surface area (Å²) in [6, 6.07) is 6.44. The summed E-state index contributed by atoms with van der Waals surface area (Å²) >= 11 is 5.62. The van der Waals surface area contributed by atoms with Gasteiger partial charge in [-0.25, -0.2) is 18.1 Å². The van der Waals surface area contributed by atoms with Gasteiger partial charge in [0.2, 0.25) is 10.0 Å². The summed E-state index contributed by atoms with van der Waals surface area (Å²) in [5.41, 5.74) is -0.487. The van der Waals surface area contributed by atoms with Crippen LogP contribution in [0.2, 0.25) is 5.15 Å². The van der Waals surface area contributed by atoms with Gasteiger partial charge in [-0.1, -0.05) is 23.7 Å². The number of nitrogens with one attached hydrogen (secondary N) is 1. The zero-order chi connectivity index (χ0) is 20.1. The topological polar surface area (TPSA) is 85.4 Å². The lowest BCUT2D eigenvalue weighted by Crippen LogP contribution is -2.27. The second-order valence-electron chi connectivity index (χ2n) is 5.32. The van der Waals surface area contributed by atoms with E-state index in [2.05, 4.69) is 9.71 Å². The number of halogens is 4. The number of hydrogen-bond donors (Lipinski definition) is 1. The molecule has 1 N–H and O–H groups in total. The first-order chi connectivity index (χ1) is 12.6. The minimum atomic E-state index is -4.66. The van der Waals surface area contributed by atoms with E-state index in [1.165, 1.54) is 12.3 Å². The molecule has 0 unspecified atom stereocenters. The minimum Gasteiger partial charge on any atom is -0.461 e. The fourth-order valence-electron chi connectivity index (χ4n) is 1.94. The predicted molar refractivity (Wildman–Crippen MR) is 90.3 cm³/mol. The molecule has 0 aliphatic rings. The molecule has 146 valence electrons. The van der Waals surface area contributed by atoms with Crippen molar-refractivity contribution in [1.82, 2.24) is 9.71 Å².